The highest BCUT2D eigenvalue weighted by atomic mass is 28.4. The number of aliphatic hydroxyl groups is 6. The molecular weight excluding hydrogens is 504 g/mol. The molecule has 0 amide bonds. The third-order valence-electron chi connectivity index (χ3n) is 7.43. The Balaban J connectivity index is 1.60. The third kappa shape index (κ3) is 7.35. The third-order valence-corrected chi connectivity index (χ3v) is 11.9. The Morgan fingerprint density at radius 2 is 1.19 bits per heavy atom. The average Bonchev–Trinajstić information content (AvgIpc) is 2.85. The van der Waals surface area contributed by atoms with Crippen LogP contribution in [-0.2, 0) is 30.0 Å². The molecule has 2 heterocycles. The fourth-order valence-corrected chi connectivity index (χ4v) is 4.85. The van der Waals surface area contributed by atoms with Crippen LogP contribution in [0.1, 0.15) is 26.3 Å². The number of rotatable bonds is 9. The van der Waals surface area contributed by atoms with Gasteiger partial charge in [-0.05, 0) is 23.7 Å². The molecule has 10 unspecified atom stereocenters. The molecule has 10 atom stereocenters. The lowest BCUT2D eigenvalue weighted by Gasteiger charge is -2.44. The van der Waals surface area contributed by atoms with E-state index < -0.39 is 69.7 Å². The summed E-state index contributed by atoms with van der Waals surface area (Å²) in [4.78, 5) is 0. The molecule has 12 heteroatoms. The molecule has 0 aliphatic carbocycles. The molecule has 0 bridgehead atoms. The normalized spacial score (nSPS) is 37.5. The summed E-state index contributed by atoms with van der Waals surface area (Å²) in [5.41, 5.74) is 0.823. The summed E-state index contributed by atoms with van der Waals surface area (Å²) in [7, 11) is -2.18. The summed E-state index contributed by atoms with van der Waals surface area (Å²) in [5.74, 6) is 0. The molecule has 0 radical (unpaired) electrons. The summed E-state index contributed by atoms with van der Waals surface area (Å²) in [6, 6.07) is 9.17. The van der Waals surface area contributed by atoms with Gasteiger partial charge in [0.15, 0.2) is 20.9 Å². The molecule has 212 valence electrons. The molecule has 37 heavy (non-hydrogen) atoms. The largest absolute Gasteiger partial charge is 0.414 e. The van der Waals surface area contributed by atoms with E-state index in [0.717, 1.165) is 5.56 Å². The quantitative estimate of drug-likeness (QED) is 0.228. The molecule has 2 aliphatic rings. The van der Waals surface area contributed by atoms with Crippen LogP contribution in [0, 0.1) is 0 Å². The number of ether oxygens (including phenoxy) is 4. The van der Waals surface area contributed by atoms with E-state index in [-0.39, 0.29) is 24.9 Å². The van der Waals surface area contributed by atoms with Crippen molar-refractivity contribution < 1.29 is 54.0 Å². The Morgan fingerprint density at radius 3 is 1.70 bits per heavy atom. The van der Waals surface area contributed by atoms with Gasteiger partial charge in [-0.3, -0.25) is 0 Å². The summed E-state index contributed by atoms with van der Waals surface area (Å²) >= 11 is 0. The van der Waals surface area contributed by atoms with Gasteiger partial charge >= 0.3 is 0 Å². The van der Waals surface area contributed by atoms with Gasteiger partial charge in [-0.2, -0.15) is 0 Å². The van der Waals surface area contributed by atoms with Crippen LogP contribution >= 0.6 is 0 Å². The lowest BCUT2D eigenvalue weighted by molar-refractivity contribution is -0.332. The van der Waals surface area contributed by atoms with E-state index in [0.29, 0.717) is 0 Å². The monoisotopic (exact) mass is 546 g/mol. The number of benzene rings is 1. The van der Waals surface area contributed by atoms with Crippen molar-refractivity contribution >= 4 is 8.32 Å². The Labute approximate surface area is 218 Å². The van der Waals surface area contributed by atoms with Crippen molar-refractivity contribution in [2.75, 3.05) is 13.2 Å². The maximum Gasteiger partial charge on any atom is 0.192 e. The van der Waals surface area contributed by atoms with Crippen molar-refractivity contribution in [2.45, 2.75) is 107 Å². The van der Waals surface area contributed by atoms with Crippen LogP contribution in [0.4, 0.5) is 0 Å². The highest BCUT2D eigenvalue weighted by Crippen LogP contribution is 2.37. The summed E-state index contributed by atoms with van der Waals surface area (Å²) in [6.45, 7) is 10.0. The van der Waals surface area contributed by atoms with Gasteiger partial charge in [0.1, 0.15) is 48.8 Å². The Hall–Kier alpha value is -1.00. The minimum Gasteiger partial charge on any atom is -0.414 e. The van der Waals surface area contributed by atoms with Gasteiger partial charge in [0, 0.05) is 0 Å². The first-order chi connectivity index (χ1) is 17.2. The molecule has 2 aliphatic heterocycles. The van der Waals surface area contributed by atoms with Crippen LogP contribution in [0.5, 0.6) is 0 Å². The van der Waals surface area contributed by atoms with Crippen molar-refractivity contribution in [1.29, 1.82) is 0 Å². The van der Waals surface area contributed by atoms with Crippen molar-refractivity contribution in [1.82, 2.24) is 0 Å². The molecular formula is C25H42O11Si. The van der Waals surface area contributed by atoms with Gasteiger partial charge in [-0.15, -0.1) is 0 Å². The fraction of sp³-hybridized carbons (Fsp3) is 0.760. The van der Waals surface area contributed by atoms with E-state index in [1.165, 1.54) is 0 Å². The zero-order chi connectivity index (χ0) is 27.5. The highest BCUT2D eigenvalue weighted by molar-refractivity contribution is 6.74. The zero-order valence-electron chi connectivity index (χ0n) is 22.0. The Kier molecular flexibility index (Phi) is 10.3. The van der Waals surface area contributed by atoms with Crippen LogP contribution in [-0.4, -0.2) is 114 Å². The summed E-state index contributed by atoms with van der Waals surface area (Å²) < 4.78 is 28.7. The number of aliphatic hydroxyl groups excluding tert-OH is 6. The SMILES string of the molecule is CC(C)(C)[Si](C)(C)OCC1OC(OCC2OC(OCc3ccccc3)C(O)C(O)C2O)C(O)C(O)C1O. The van der Waals surface area contributed by atoms with Gasteiger partial charge in [-0.1, -0.05) is 51.1 Å². The van der Waals surface area contributed by atoms with E-state index >= 15 is 0 Å². The average molecular weight is 547 g/mol. The molecule has 2 fully saturated rings. The molecule has 0 spiro atoms. The molecule has 0 saturated carbocycles. The standard InChI is InChI=1S/C25H42O11Si/c1-25(2,3)37(4,5)34-13-16-18(27)20(29)22(31)24(36-16)33-12-15-17(26)19(28)21(30)23(35-15)32-11-14-9-7-6-8-10-14/h6-10,15-24,26-31H,11-13H2,1-5H3. The minimum absolute atomic E-state index is 0.00976. The molecule has 6 N–H and O–H groups in total. The van der Waals surface area contributed by atoms with Crippen LogP contribution in [0.2, 0.25) is 18.1 Å². The second-order valence-electron chi connectivity index (χ2n) is 11.2. The molecule has 11 nitrogen and oxygen atoms in total. The van der Waals surface area contributed by atoms with Crippen molar-refractivity contribution in [3.05, 3.63) is 35.9 Å². The number of hydrogen-bond acceptors (Lipinski definition) is 11. The fourth-order valence-electron chi connectivity index (χ4n) is 3.83. The van der Waals surface area contributed by atoms with Gasteiger partial charge in [-0.25, -0.2) is 0 Å². The van der Waals surface area contributed by atoms with Crippen LogP contribution in [0.3, 0.4) is 0 Å². The second kappa shape index (κ2) is 12.5. The first-order valence-electron chi connectivity index (χ1n) is 12.5. The lowest BCUT2D eigenvalue weighted by atomic mass is 9.98. The van der Waals surface area contributed by atoms with Crippen molar-refractivity contribution in [3.63, 3.8) is 0 Å². The summed E-state index contributed by atoms with van der Waals surface area (Å²) in [6.07, 6.45) is -13.8. The first-order valence-corrected chi connectivity index (χ1v) is 15.4. The number of hydrogen-bond donors (Lipinski definition) is 6. The topological polar surface area (TPSA) is 168 Å². The minimum atomic E-state index is -2.18. The molecule has 2 saturated heterocycles. The predicted octanol–water partition coefficient (Wildman–Crippen LogP) is -0.143. The molecule has 1 aromatic carbocycles. The smallest absolute Gasteiger partial charge is 0.192 e. The highest BCUT2D eigenvalue weighted by Gasteiger charge is 2.48. The van der Waals surface area contributed by atoms with E-state index in [4.69, 9.17) is 23.4 Å². The van der Waals surface area contributed by atoms with Crippen LogP contribution < -0.4 is 0 Å². The van der Waals surface area contributed by atoms with Crippen molar-refractivity contribution in [2.24, 2.45) is 0 Å². The molecule has 0 aromatic heterocycles. The second-order valence-corrected chi connectivity index (χ2v) is 16.0. The van der Waals surface area contributed by atoms with Crippen molar-refractivity contribution in [3.8, 4) is 0 Å². The Bertz CT molecular complexity index is 836. The van der Waals surface area contributed by atoms with Crippen LogP contribution in [0.15, 0.2) is 30.3 Å². The van der Waals surface area contributed by atoms with Gasteiger partial charge in [0.2, 0.25) is 0 Å². The van der Waals surface area contributed by atoms with E-state index in [9.17, 15) is 30.6 Å². The van der Waals surface area contributed by atoms with Gasteiger partial charge in [0.25, 0.3) is 0 Å². The van der Waals surface area contributed by atoms with E-state index in [1.54, 1.807) is 0 Å². The lowest BCUT2D eigenvalue weighted by Crippen LogP contribution is -2.62. The van der Waals surface area contributed by atoms with Gasteiger partial charge in [0.05, 0.1) is 19.8 Å². The molecule has 3 rings (SSSR count). The molecule has 1 aromatic rings. The Morgan fingerprint density at radius 1 is 0.703 bits per heavy atom. The maximum atomic E-state index is 10.4. The summed E-state index contributed by atoms with van der Waals surface area (Å²) in [5, 5.41) is 62.2. The van der Waals surface area contributed by atoms with Crippen LogP contribution in [0.25, 0.3) is 0 Å². The first kappa shape index (κ1) is 30.5. The van der Waals surface area contributed by atoms with E-state index in [2.05, 4.69) is 20.8 Å². The maximum absolute atomic E-state index is 10.4. The van der Waals surface area contributed by atoms with E-state index in [1.807, 2.05) is 43.4 Å². The zero-order valence-corrected chi connectivity index (χ0v) is 23.0. The predicted molar refractivity (Wildman–Crippen MR) is 134 cm³/mol. The van der Waals surface area contributed by atoms with Gasteiger partial charge < -0.3 is 54.0 Å².